The number of hydrogen-bond donors (Lipinski definition) is 1. The smallest absolute Gasteiger partial charge is 0.339 e. The van der Waals surface area contributed by atoms with Gasteiger partial charge in [-0.1, -0.05) is 0 Å². The van der Waals surface area contributed by atoms with Crippen LogP contribution in [0.15, 0.2) is 36.7 Å². The van der Waals surface area contributed by atoms with E-state index in [2.05, 4.69) is 9.72 Å². The molecule has 1 aromatic heterocycles. The molecule has 0 unspecified atom stereocenters. The molecule has 0 amide bonds. The molecule has 4 nitrogen and oxygen atoms in total. The van der Waals surface area contributed by atoms with Gasteiger partial charge in [-0.2, -0.15) is 0 Å². The van der Waals surface area contributed by atoms with Gasteiger partial charge in [0.15, 0.2) is 0 Å². The lowest BCUT2D eigenvalue weighted by molar-refractivity contribution is 0.0602. The zero-order chi connectivity index (χ0) is 13.1. The van der Waals surface area contributed by atoms with E-state index in [-0.39, 0.29) is 16.8 Å². The van der Waals surface area contributed by atoms with Crippen molar-refractivity contribution in [2.45, 2.75) is 0 Å². The number of methoxy groups -OCH3 is 1. The van der Waals surface area contributed by atoms with E-state index in [4.69, 9.17) is 5.73 Å². The van der Waals surface area contributed by atoms with E-state index in [1.54, 1.807) is 24.5 Å². The molecule has 0 saturated heterocycles. The summed E-state index contributed by atoms with van der Waals surface area (Å²) in [4.78, 5) is 15.3. The fourth-order valence-corrected chi connectivity index (χ4v) is 1.63. The molecule has 1 heterocycles. The predicted octanol–water partition coefficient (Wildman–Crippen LogP) is 2.26. The average Bonchev–Trinajstić information content (AvgIpc) is 2.39. The van der Waals surface area contributed by atoms with E-state index in [1.165, 1.54) is 13.2 Å². The van der Waals surface area contributed by atoms with Crippen LogP contribution < -0.4 is 5.73 Å². The fraction of sp³-hybridized carbons (Fsp3) is 0.0769. The molecule has 5 heteroatoms. The van der Waals surface area contributed by atoms with Crippen molar-refractivity contribution >= 4 is 11.7 Å². The second-order valence-corrected chi connectivity index (χ2v) is 3.65. The lowest BCUT2D eigenvalue weighted by Crippen LogP contribution is -2.06. The maximum absolute atomic E-state index is 13.8. The molecule has 2 N–H and O–H groups in total. The first-order valence-corrected chi connectivity index (χ1v) is 5.21. The van der Waals surface area contributed by atoms with Crippen molar-refractivity contribution in [2.75, 3.05) is 12.8 Å². The zero-order valence-electron chi connectivity index (χ0n) is 9.68. The lowest BCUT2D eigenvalue weighted by Gasteiger charge is -2.08. The lowest BCUT2D eigenvalue weighted by atomic mass is 10.0. The van der Waals surface area contributed by atoms with Gasteiger partial charge in [0.05, 0.1) is 12.7 Å². The topological polar surface area (TPSA) is 65.2 Å². The first-order chi connectivity index (χ1) is 8.63. The minimum absolute atomic E-state index is 0.0529. The molecular formula is C13H11FN2O2. The highest BCUT2D eigenvalue weighted by Gasteiger charge is 2.15. The van der Waals surface area contributed by atoms with Gasteiger partial charge >= 0.3 is 5.97 Å². The number of hydrogen-bond acceptors (Lipinski definition) is 4. The van der Waals surface area contributed by atoms with Gasteiger partial charge < -0.3 is 10.5 Å². The number of aromatic nitrogens is 1. The third-order valence-electron chi connectivity index (χ3n) is 2.54. The van der Waals surface area contributed by atoms with Crippen LogP contribution in [0.1, 0.15) is 10.4 Å². The Labute approximate surface area is 103 Å². The van der Waals surface area contributed by atoms with Crippen molar-refractivity contribution in [3.63, 3.8) is 0 Å². The summed E-state index contributed by atoms with van der Waals surface area (Å²) >= 11 is 0. The predicted molar refractivity (Wildman–Crippen MR) is 65.4 cm³/mol. The van der Waals surface area contributed by atoms with Crippen LogP contribution in [0.25, 0.3) is 11.1 Å². The van der Waals surface area contributed by atoms with Crippen LogP contribution >= 0.6 is 0 Å². The minimum Gasteiger partial charge on any atom is -0.465 e. The van der Waals surface area contributed by atoms with Crippen molar-refractivity contribution in [1.29, 1.82) is 0 Å². The van der Waals surface area contributed by atoms with Gasteiger partial charge in [-0.05, 0) is 29.8 Å². The Morgan fingerprint density at radius 1 is 1.33 bits per heavy atom. The van der Waals surface area contributed by atoms with E-state index >= 15 is 0 Å². The van der Waals surface area contributed by atoms with Gasteiger partial charge in [-0.15, -0.1) is 0 Å². The number of carbonyl (C=O) groups is 1. The molecule has 0 spiro atoms. The Kier molecular flexibility index (Phi) is 3.23. The molecule has 1 aromatic carbocycles. The van der Waals surface area contributed by atoms with Gasteiger partial charge in [0.25, 0.3) is 0 Å². The Balaban J connectivity index is 2.59. The highest BCUT2D eigenvalue weighted by atomic mass is 19.1. The Morgan fingerprint density at radius 2 is 2.00 bits per heavy atom. The standard InChI is InChI=1S/C13H11FN2O2/c1-18-13(17)10-6-9(11(14)7-12(10)15)8-2-4-16-5-3-8/h2-7H,15H2,1H3. The molecule has 0 aliphatic carbocycles. The van der Waals surface area contributed by atoms with Gasteiger partial charge in [0, 0.05) is 23.6 Å². The monoisotopic (exact) mass is 246 g/mol. The third-order valence-corrected chi connectivity index (χ3v) is 2.54. The molecule has 0 atom stereocenters. The van der Waals surface area contributed by atoms with Crippen LogP contribution in [0, 0.1) is 5.82 Å². The number of rotatable bonds is 2. The number of carbonyl (C=O) groups excluding carboxylic acids is 1. The first kappa shape index (κ1) is 12.0. The molecule has 2 aromatic rings. The molecular weight excluding hydrogens is 235 g/mol. The van der Waals surface area contributed by atoms with Gasteiger partial charge in [-0.25, -0.2) is 9.18 Å². The quantitative estimate of drug-likeness (QED) is 0.652. The summed E-state index contributed by atoms with van der Waals surface area (Å²) in [6.07, 6.45) is 3.09. The maximum atomic E-state index is 13.8. The summed E-state index contributed by atoms with van der Waals surface area (Å²) in [5.41, 5.74) is 6.69. The average molecular weight is 246 g/mol. The van der Waals surface area contributed by atoms with Crippen LogP contribution in [-0.2, 0) is 4.74 Å². The van der Waals surface area contributed by atoms with Crippen LogP contribution in [0.5, 0.6) is 0 Å². The van der Waals surface area contributed by atoms with Crippen LogP contribution in [-0.4, -0.2) is 18.1 Å². The fourth-order valence-electron chi connectivity index (χ4n) is 1.63. The summed E-state index contributed by atoms with van der Waals surface area (Å²) in [5, 5.41) is 0. The second kappa shape index (κ2) is 4.83. The maximum Gasteiger partial charge on any atom is 0.339 e. The largest absolute Gasteiger partial charge is 0.465 e. The first-order valence-electron chi connectivity index (χ1n) is 5.21. The van der Waals surface area contributed by atoms with E-state index in [0.717, 1.165) is 6.07 Å². The second-order valence-electron chi connectivity index (χ2n) is 3.65. The van der Waals surface area contributed by atoms with Crippen molar-refractivity contribution in [3.8, 4) is 11.1 Å². The molecule has 18 heavy (non-hydrogen) atoms. The number of benzene rings is 1. The SMILES string of the molecule is COC(=O)c1cc(-c2ccncc2)c(F)cc1N. The van der Waals surface area contributed by atoms with Crippen LogP contribution in [0.2, 0.25) is 0 Å². The molecule has 0 saturated carbocycles. The number of halogens is 1. The number of nitrogen functional groups attached to an aromatic ring is 1. The van der Waals surface area contributed by atoms with Crippen molar-refractivity contribution in [3.05, 3.63) is 48.0 Å². The molecule has 0 bridgehead atoms. The summed E-state index contributed by atoms with van der Waals surface area (Å²) in [7, 11) is 1.25. The zero-order valence-corrected chi connectivity index (χ0v) is 9.68. The number of pyridine rings is 1. The highest BCUT2D eigenvalue weighted by Crippen LogP contribution is 2.27. The summed E-state index contributed by atoms with van der Waals surface area (Å²) in [5.74, 6) is -1.09. The molecule has 0 fully saturated rings. The Bertz CT molecular complexity index is 585. The van der Waals surface area contributed by atoms with Crippen molar-refractivity contribution < 1.29 is 13.9 Å². The highest BCUT2D eigenvalue weighted by molar-refractivity contribution is 5.96. The van der Waals surface area contributed by atoms with E-state index in [9.17, 15) is 9.18 Å². The van der Waals surface area contributed by atoms with Crippen molar-refractivity contribution in [1.82, 2.24) is 4.98 Å². The molecule has 92 valence electrons. The molecule has 2 rings (SSSR count). The van der Waals surface area contributed by atoms with E-state index < -0.39 is 11.8 Å². The third kappa shape index (κ3) is 2.15. The Morgan fingerprint density at radius 3 is 2.61 bits per heavy atom. The van der Waals surface area contributed by atoms with Gasteiger partial charge in [0.2, 0.25) is 0 Å². The molecule has 0 radical (unpaired) electrons. The number of esters is 1. The van der Waals surface area contributed by atoms with Crippen molar-refractivity contribution in [2.24, 2.45) is 0 Å². The number of nitrogens with zero attached hydrogens (tertiary/aromatic N) is 1. The normalized spacial score (nSPS) is 10.1. The minimum atomic E-state index is -0.595. The number of ether oxygens (including phenoxy) is 1. The van der Waals surface area contributed by atoms with Crippen LogP contribution in [0.4, 0.5) is 10.1 Å². The summed E-state index contributed by atoms with van der Waals surface area (Å²) in [6.45, 7) is 0. The molecule has 0 aliphatic rings. The number of anilines is 1. The van der Waals surface area contributed by atoms with E-state index in [0.29, 0.717) is 5.56 Å². The molecule has 0 aliphatic heterocycles. The summed E-state index contributed by atoms with van der Waals surface area (Å²) < 4.78 is 18.4. The van der Waals surface area contributed by atoms with Gasteiger partial charge in [0.1, 0.15) is 5.82 Å². The van der Waals surface area contributed by atoms with E-state index in [1.807, 2.05) is 0 Å². The van der Waals surface area contributed by atoms with Crippen LogP contribution in [0.3, 0.4) is 0 Å². The number of nitrogens with two attached hydrogens (primary N) is 1. The van der Waals surface area contributed by atoms with Gasteiger partial charge in [-0.3, -0.25) is 4.98 Å². The Hall–Kier alpha value is -2.43. The summed E-state index contributed by atoms with van der Waals surface area (Å²) in [6, 6.07) is 5.79.